The highest BCUT2D eigenvalue weighted by Gasteiger charge is 2.59. The van der Waals surface area contributed by atoms with Gasteiger partial charge in [0.25, 0.3) is 0 Å². The third kappa shape index (κ3) is 3.76. The van der Waals surface area contributed by atoms with Crippen molar-refractivity contribution in [2.75, 3.05) is 6.61 Å². The average molecular weight is 508 g/mol. The van der Waals surface area contributed by atoms with Crippen LogP contribution in [0.5, 0.6) is 0 Å². The van der Waals surface area contributed by atoms with Crippen molar-refractivity contribution in [3.8, 4) is 0 Å². The van der Waals surface area contributed by atoms with Crippen LogP contribution < -0.4 is 0 Å². The number of nitrogens with zero attached hydrogens (tertiary/aromatic N) is 1. The van der Waals surface area contributed by atoms with Gasteiger partial charge in [0.2, 0.25) is 5.72 Å². The number of halogens is 2. The zero-order valence-corrected chi connectivity index (χ0v) is 20.3. The molecule has 6 nitrogen and oxygen atoms in total. The molecule has 0 amide bonds. The normalized spacial score (nSPS) is 29.1. The monoisotopic (exact) mass is 507 g/mol. The summed E-state index contributed by atoms with van der Waals surface area (Å²) in [5.41, 5.74) is 1.27. The highest BCUT2D eigenvalue weighted by Crippen LogP contribution is 2.46. The second-order valence-electron chi connectivity index (χ2n) is 8.46. The van der Waals surface area contributed by atoms with Crippen LogP contribution in [0.3, 0.4) is 0 Å². The summed E-state index contributed by atoms with van der Waals surface area (Å²) in [6, 6.07) is 11.3. The van der Waals surface area contributed by atoms with Crippen LogP contribution in [0.25, 0.3) is 10.1 Å². The molecule has 1 saturated heterocycles. The number of ether oxygens (including phenoxy) is 2. The molecule has 0 aliphatic carbocycles. The van der Waals surface area contributed by atoms with E-state index >= 15 is 0 Å². The summed E-state index contributed by atoms with van der Waals surface area (Å²) in [6.07, 6.45) is -3.95. The van der Waals surface area contributed by atoms with E-state index in [1.807, 2.05) is 24.3 Å². The first-order valence-electron chi connectivity index (χ1n) is 10.6. The number of thiophene rings is 1. The van der Waals surface area contributed by atoms with Crippen LogP contribution in [0.2, 0.25) is 10.0 Å². The van der Waals surface area contributed by atoms with E-state index in [4.69, 9.17) is 32.7 Å². The molecule has 0 bridgehead atoms. The molecule has 2 aliphatic rings. The van der Waals surface area contributed by atoms with Gasteiger partial charge in [-0.25, -0.2) is 4.99 Å². The van der Waals surface area contributed by atoms with Crippen molar-refractivity contribution < 1.29 is 24.8 Å². The van der Waals surface area contributed by atoms with E-state index in [1.54, 1.807) is 30.4 Å². The lowest BCUT2D eigenvalue weighted by molar-refractivity contribution is -0.262. The first-order chi connectivity index (χ1) is 15.7. The molecule has 3 aromatic rings. The predicted molar refractivity (Wildman–Crippen MR) is 129 cm³/mol. The summed E-state index contributed by atoms with van der Waals surface area (Å²) >= 11 is 14.5. The molecule has 1 aromatic heterocycles. The number of aliphatic imine (C=N–C) groups is 1. The van der Waals surface area contributed by atoms with E-state index < -0.39 is 36.7 Å². The summed E-state index contributed by atoms with van der Waals surface area (Å²) in [6.45, 7) is 3.27. The lowest BCUT2D eigenvalue weighted by Crippen LogP contribution is -2.61. The molecular formula is C24H23Cl2NO5S. The summed E-state index contributed by atoms with van der Waals surface area (Å²) in [7, 11) is 0. The van der Waals surface area contributed by atoms with Crippen molar-refractivity contribution in [2.45, 2.75) is 50.4 Å². The van der Waals surface area contributed by atoms with Gasteiger partial charge < -0.3 is 24.8 Å². The zero-order valence-electron chi connectivity index (χ0n) is 18.0. The Bertz CT molecular complexity index is 1260. The molecule has 3 heterocycles. The molecular weight excluding hydrogens is 485 g/mol. The smallest absolute Gasteiger partial charge is 0.228 e. The largest absolute Gasteiger partial charge is 0.469 e. The first-order valence-corrected chi connectivity index (χ1v) is 12.1. The maximum Gasteiger partial charge on any atom is 0.228 e. The van der Waals surface area contributed by atoms with Crippen LogP contribution in [-0.4, -0.2) is 52.2 Å². The second-order valence-corrected chi connectivity index (χ2v) is 10.4. The molecule has 2 aromatic carbocycles. The second kappa shape index (κ2) is 8.50. The SMILES string of the molecule is CC1=NC2(c3ccc(Cl)c(Cc4sc5ccc(Cl)cc5c4C)c3)O[C@H](CO)[C@@H](O)[C@H](O)C2O1. The first kappa shape index (κ1) is 23.1. The minimum atomic E-state index is -1.39. The fraction of sp³-hybridized carbons (Fsp3) is 0.375. The van der Waals surface area contributed by atoms with Gasteiger partial charge in [0.05, 0.1) is 6.61 Å². The number of rotatable bonds is 4. The van der Waals surface area contributed by atoms with Crippen molar-refractivity contribution in [1.82, 2.24) is 0 Å². The molecule has 0 saturated carbocycles. The van der Waals surface area contributed by atoms with Gasteiger partial charge in [-0.3, -0.25) is 0 Å². The van der Waals surface area contributed by atoms with E-state index in [0.29, 0.717) is 27.9 Å². The summed E-state index contributed by atoms with van der Waals surface area (Å²) in [5, 5.41) is 33.2. The number of aliphatic hydroxyl groups excluding tert-OH is 3. The van der Waals surface area contributed by atoms with Gasteiger partial charge in [-0.15, -0.1) is 11.3 Å². The molecule has 2 unspecified atom stereocenters. The summed E-state index contributed by atoms with van der Waals surface area (Å²) in [4.78, 5) is 5.73. The van der Waals surface area contributed by atoms with Gasteiger partial charge in [-0.1, -0.05) is 29.3 Å². The Hall–Kier alpha value is -1.71. The fourth-order valence-electron chi connectivity index (χ4n) is 4.64. The van der Waals surface area contributed by atoms with Crippen LogP contribution >= 0.6 is 34.5 Å². The van der Waals surface area contributed by atoms with Gasteiger partial charge in [0, 0.05) is 38.5 Å². The minimum Gasteiger partial charge on any atom is -0.469 e. The van der Waals surface area contributed by atoms with Gasteiger partial charge in [0.15, 0.2) is 12.0 Å². The number of hydrogen-bond donors (Lipinski definition) is 3. The summed E-state index contributed by atoms with van der Waals surface area (Å²) < 4.78 is 13.0. The number of aliphatic hydroxyl groups is 3. The number of hydrogen-bond acceptors (Lipinski definition) is 7. The standard InChI is InChI=1S/C24H23Cl2NO5S/c1-11-16-9-15(25)4-6-19(16)33-20(11)8-13-7-14(3-5-17(13)26)24-23(31-12(2)27-24)22(30)21(29)18(10-28)32-24/h3-7,9,18,21-23,28-30H,8,10H2,1-2H3/t18-,21-,22+,23?,24?/m1/s1. The maximum atomic E-state index is 10.7. The Morgan fingerprint density at radius 3 is 2.64 bits per heavy atom. The average Bonchev–Trinajstić information content (AvgIpc) is 3.29. The third-order valence-electron chi connectivity index (χ3n) is 6.37. The topological polar surface area (TPSA) is 91.5 Å². The van der Waals surface area contributed by atoms with Crippen molar-refractivity contribution in [3.63, 3.8) is 0 Å². The third-order valence-corrected chi connectivity index (χ3v) is 8.24. The molecule has 9 heteroatoms. The Balaban J connectivity index is 1.57. The predicted octanol–water partition coefficient (Wildman–Crippen LogP) is 4.19. The number of aryl methyl sites for hydroxylation is 1. The van der Waals surface area contributed by atoms with Crippen molar-refractivity contribution in [1.29, 1.82) is 0 Å². The highest BCUT2D eigenvalue weighted by molar-refractivity contribution is 7.19. The quantitative estimate of drug-likeness (QED) is 0.492. The Morgan fingerprint density at radius 1 is 1.09 bits per heavy atom. The molecule has 1 fully saturated rings. The van der Waals surface area contributed by atoms with Crippen molar-refractivity contribution >= 4 is 50.5 Å². The molecule has 5 rings (SSSR count). The molecule has 5 atom stereocenters. The van der Waals surface area contributed by atoms with Gasteiger partial charge in [-0.2, -0.15) is 0 Å². The van der Waals surface area contributed by atoms with Gasteiger partial charge in [-0.05, 0) is 53.8 Å². The maximum absolute atomic E-state index is 10.7. The number of benzene rings is 2. The summed E-state index contributed by atoms with van der Waals surface area (Å²) in [5.74, 6) is 0.332. The van der Waals surface area contributed by atoms with Crippen LogP contribution in [0.15, 0.2) is 41.4 Å². The molecule has 0 radical (unpaired) electrons. The zero-order chi connectivity index (χ0) is 23.5. The van der Waals surface area contributed by atoms with Crippen LogP contribution in [0, 0.1) is 6.92 Å². The van der Waals surface area contributed by atoms with E-state index in [2.05, 4.69) is 11.9 Å². The lowest BCUT2D eigenvalue weighted by atomic mass is 9.85. The lowest BCUT2D eigenvalue weighted by Gasteiger charge is -2.44. The van der Waals surface area contributed by atoms with E-state index in [0.717, 1.165) is 26.1 Å². The Morgan fingerprint density at radius 2 is 1.88 bits per heavy atom. The molecule has 3 N–H and O–H groups in total. The van der Waals surface area contributed by atoms with Gasteiger partial charge in [0.1, 0.15) is 18.3 Å². The molecule has 0 spiro atoms. The molecule has 2 aliphatic heterocycles. The Labute approximate surface area is 205 Å². The van der Waals surface area contributed by atoms with Crippen molar-refractivity contribution in [2.24, 2.45) is 4.99 Å². The van der Waals surface area contributed by atoms with Crippen molar-refractivity contribution in [3.05, 3.63) is 68.0 Å². The minimum absolute atomic E-state index is 0.332. The van der Waals surface area contributed by atoms with E-state index in [-0.39, 0.29) is 0 Å². The van der Waals surface area contributed by atoms with Crippen LogP contribution in [-0.2, 0) is 21.6 Å². The van der Waals surface area contributed by atoms with E-state index in [1.165, 1.54) is 0 Å². The van der Waals surface area contributed by atoms with Gasteiger partial charge >= 0.3 is 0 Å². The van der Waals surface area contributed by atoms with Crippen LogP contribution in [0.4, 0.5) is 0 Å². The van der Waals surface area contributed by atoms with Crippen LogP contribution in [0.1, 0.15) is 28.5 Å². The molecule has 174 valence electrons. The number of fused-ring (bicyclic) bond motifs is 2. The van der Waals surface area contributed by atoms with E-state index in [9.17, 15) is 15.3 Å². The fourth-order valence-corrected chi connectivity index (χ4v) is 6.21. The molecule has 33 heavy (non-hydrogen) atoms. The highest BCUT2D eigenvalue weighted by atomic mass is 35.5. The Kier molecular flexibility index (Phi) is 5.94.